The highest BCUT2D eigenvalue weighted by atomic mass is 79.9. The van der Waals surface area contributed by atoms with Gasteiger partial charge in [0, 0.05) is 29.5 Å². The number of hydrogen-bond acceptors (Lipinski definition) is 4. The van der Waals surface area contributed by atoms with Crippen LogP contribution in [0.5, 0.6) is 0 Å². The molecule has 0 bridgehead atoms. The molecule has 7 heteroatoms. The van der Waals surface area contributed by atoms with Gasteiger partial charge in [-0.1, -0.05) is 22.4 Å². The summed E-state index contributed by atoms with van der Waals surface area (Å²) in [6.07, 6.45) is 4.33. The van der Waals surface area contributed by atoms with Gasteiger partial charge in [-0.05, 0) is 49.9 Å². The number of carbonyl (C=O) groups excluding carboxylic acids is 3. The van der Waals surface area contributed by atoms with E-state index in [1.165, 1.54) is 7.11 Å². The van der Waals surface area contributed by atoms with Crippen molar-refractivity contribution in [2.24, 2.45) is 0 Å². The summed E-state index contributed by atoms with van der Waals surface area (Å²) in [5.41, 5.74) is 0.593. The molecule has 1 aromatic rings. The first-order chi connectivity index (χ1) is 12.5. The summed E-state index contributed by atoms with van der Waals surface area (Å²) < 4.78 is 5.50. The lowest BCUT2D eigenvalue weighted by atomic mass is 10.1. The van der Waals surface area contributed by atoms with Crippen molar-refractivity contribution in [3.63, 3.8) is 0 Å². The summed E-state index contributed by atoms with van der Waals surface area (Å²) in [7, 11) is 1.38. The first-order valence-corrected chi connectivity index (χ1v) is 9.73. The van der Waals surface area contributed by atoms with Crippen LogP contribution in [-0.2, 0) is 14.3 Å². The zero-order valence-electron chi connectivity index (χ0n) is 15.0. The second kappa shape index (κ2) is 10.3. The Hall–Kier alpha value is -1.89. The number of likely N-dealkylation sites (tertiary alicyclic amines) is 1. The van der Waals surface area contributed by atoms with Crippen molar-refractivity contribution in [3.05, 3.63) is 34.3 Å². The minimum atomic E-state index is -0.402. The molecule has 1 aliphatic heterocycles. The normalized spacial score (nSPS) is 16.4. The summed E-state index contributed by atoms with van der Waals surface area (Å²) in [5.74, 6) is -0.406. The van der Waals surface area contributed by atoms with Crippen LogP contribution in [0, 0.1) is 0 Å². The van der Waals surface area contributed by atoms with Crippen LogP contribution >= 0.6 is 15.9 Å². The van der Waals surface area contributed by atoms with Crippen LogP contribution in [0.15, 0.2) is 28.7 Å². The quantitative estimate of drug-likeness (QED) is 0.514. The van der Waals surface area contributed by atoms with Crippen LogP contribution in [0.25, 0.3) is 0 Å². The van der Waals surface area contributed by atoms with Gasteiger partial charge in [-0.3, -0.25) is 14.4 Å². The van der Waals surface area contributed by atoms with Gasteiger partial charge in [0.25, 0.3) is 5.91 Å². The number of nitrogens with zero attached hydrogens (tertiary/aromatic N) is 1. The zero-order chi connectivity index (χ0) is 18.9. The van der Waals surface area contributed by atoms with Crippen LogP contribution in [0.2, 0.25) is 0 Å². The topological polar surface area (TPSA) is 75.7 Å². The molecule has 0 aliphatic carbocycles. The van der Waals surface area contributed by atoms with Crippen LogP contribution in [0.1, 0.15) is 48.9 Å². The smallest absolute Gasteiger partial charge is 0.305 e. The van der Waals surface area contributed by atoms with E-state index in [1.807, 2.05) is 12.1 Å². The Bertz CT molecular complexity index is 633. The van der Waals surface area contributed by atoms with Crippen molar-refractivity contribution in [1.82, 2.24) is 10.2 Å². The van der Waals surface area contributed by atoms with Gasteiger partial charge < -0.3 is 15.0 Å². The van der Waals surface area contributed by atoms with E-state index < -0.39 is 6.04 Å². The number of methoxy groups -OCH3 is 1. The predicted molar refractivity (Wildman–Crippen MR) is 102 cm³/mol. The van der Waals surface area contributed by atoms with Gasteiger partial charge in [-0.2, -0.15) is 0 Å². The lowest BCUT2D eigenvalue weighted by Crippen LogP contribution is -2.46. The van der Waals surface area contributed by atoms with E-state index in [-0.39, 0.29) is 17.8 Å². The van der Waals surface area contributed by atoms with Gasteiger partial charge in [0.2, 0.25) is 5.91 Å². The highest BCUT2D eigenvalue weighted by Crippen LogP contribution is 2.21. The monoisotopic (exact) mass is 424 g/mol. The minimum absolute atomic E-state index is 0.0964. The maximum absolute atomic E-state index is 12.7. The number of halogens is 1. The molecule has 1 unspecified atom stereocenters. The molecule has 0 spiro atoms. The number of benzene rings is 1. The number of ether oxygens (including phenoxy) is 1. The molecule has 142 valence electrons. The summed E-state index contributed by atoms with van der Waals surface area (Å²) in [6.45, 7) is 1.16. The predicted octanol–water partition coefficient (Wildman–Crippen LogP) is 2.90. The van der Waals surface area contributed by atoms with Crippen molar-refractivity contribution < 1.29 is 19.1 Å². The molecular weight excluding hydrogens is 400 g/mol. The largest absolute Gasteiger partial charge is 0.469 e. The standard InChI is InChI=1S/C19H25BrN2O4/c1-26-17(23)7-3-2-4-12-21-18(24)16-6-5-13-22(16)19(25)14-8-10-15(20)11-9-14/h8-11,16H,2-7,12-13H2,1H3,(H,21,24). The molecule has 1 saturated heterocycles. The van der Waals surface area contributed by atoms with E-state index in [2.05, 4.69) is 26.0 Å². The summed E-state index contributed by atoms with van der Waals surface area (Å²) in [4.78, 5) is 37.8. The maximum atomic E-state index is 12.7. The average Bonchev–Trinajstić information content (AvgIpc) is 3.14. The van der Waals surface area contributed by atoms with E-state index in [9.17, 15) is 14.4 Å². The molecule has 1 heterocycles. The molecule has 1 fully saturated rings. The molecule has 0 radical (unpaired) electrons. The summed E-state index contributed by atoms with van der Waals surface area (Å²) in [5, 5.41) is 2.92. The van der Waals surface area contributed by atoms with Crippen molar-refractivity contribution in [2.75, 3.05) is 20.2 Å². The van der Waals surface area contributed by atoms with Crippen LogP contribution in [-0.4, -0.2) is 48.9 Å². The molecular formula is C19H25BrN2O4. The lowest BCUT2D eigenvalue weighted by molar-refractivity contribution is -0.140. The second-order valence-electron chi connectivity index (χ2n) is 6.34. The molecule has 1 N–H and O–H groups in total. The van der Waals surface area contributed by atoms with E-state index in [0.717, 1.165) is 30.2 Å². The number of esters is 1. The van der Waals surface area contributed by atoms with Crippen molar-refractivity contribution >= 4 is 33.7 Å². The van der Waals surface area contributed by atoms with E-state index >= 15 is 0 Å². The third kappa shape index (κ3) is 5.83. The molecule has 0 saturated carbocycles. The molecule has 26 heavy (non-hydrogen) atoms. The molecule has 6 nitrogen and oxygen atoms in total. The first kappa shape index (κ1) is 20.4. The van der Waals surface area contributed by atoms with Gasteiger partial charge in [-0.25, -0.2) is 0 Å². The van der Waals surface area contributed by atoms with Gasteiger partial charge in [0.1, 0.15) is 6.04 Å². The van der Waals surface area contributed by atoms with Gasteiger partial charge in [-0.15, -0.1) is 0 Å². The zero-order valence-corrected chi connectivity index (χ0v) is 16.6. The lowest BCUT2D eigenvalue weighted by Gasteiger charge is -2.24. The number of nitrogens with one attached hydrogen (secondary N) is 1. The molecule has 0 aromatic heterocycles. The van der Waals surface area contributed by atoms with Crippen LogP contribution in [0.4, 0.5) is 0 Å². The fourth-order valence-electron chi connectivity index (χ4n) is 3.04. The average molecular weight is 425 g/mol. The highest BCUT2D eigenvalue weighted by molar-refractivity contribution is 9.10. The number of carbonyl (C=O) groups is 3. The molecule has 2 rings (SSSR count). The molecule has 1 atom stereocenters. The molecule has 2 amide bonds. The Kier molecular flexibility index (Phi) is 8.09. The Labute approximate surface area is 162 Å². The summed E-state index contributed by atoms with van der Waals surface area (Å²) >= 11 is 3.36. The number of hydrogen-bond donors (Lipinski definition) is 1. The molecule has 1 aromatic carbocycles. The third-order valence-electron chi connectivity index (χ3n) is 4.49. The minimum Gasteiger partial charge on any atom is -0.469 e. The SMILES string of the molecule is COC(=O)CCCCCNC(=O)C1CCCN1C(=O)c1ccc(Br)cc1. The number of amides is 2. The fraction of sp³-hybridized carbons (Fsp3) is 0.526. The van der Waals surface area contributed by atoms with Crippen LogP contribution in [0.3, 0.4) is 0 Å². The maximum Gasteiger partial charge on any atom is 0.305 e. The number of rotatable bonds is 8. The molecule has 1 aliphatic rings. The van der Waals surface area contributed by atoms with Crippen molar-refractivity contribution in [3.8, 4) is 0 Å². The van der Waals surface area contributed by atoms with E-state index in [1.54, 1.807) is 17.0 Å². The Balaban J connectivity index is 1.77. The Morgan fingerprint density at radius 3 is 2.62 bits per heavy atom. The van der Waals surface area contributed by atoms with E-state index in [0.29, 0.717) is 31.5 Å². The Morgan fingerprint density at radius 2 is 1.92 bits per heavy atom. The first-order valence-electron chi connectivity index (χ1n) is 8.94. The van der Waals surface area contributed by atoms with Crippen molar-refractivity contribution in [2.45, 2.75) is 44.6 Å². The van der Waals surface area contributed by atoms with E-state index in [4.69, 9.17) is 0 Å². The third-order valence-corrected chi connectivity index (χ3v) is 5.02. The van der Waals surface area contributed by atoms with Gasteiger partial charge >= 0.3 is 5.97 Å². The van der Waals surface area contributed by atoms with Gasteiger partial charge in [0.15, 0.2) is 0 Å². The second-order valence-corrected chi connectivity index (χ2v) is 7.26. The van der Waals surface area contributed by atoms with Gasteiger partial charge in [0.05, 0.1) is 7.11 Å². The fourth-order valence-corrected chi connectivity index (χ4v) is 3.31. The number of unbranched alkanes of at least 4 members (excludes halogenated alkanes) is 2. The summed E-state index contributed by atoms with van der Waals surface area (Å²) in [6, 6.07) is 6.78. The van der Waals surface area contributed by atoms with Crippen LogP contribution < -0.4 is 5.32 Å². The van der Waals surface area contributed by atoms with Crippen molar-refractivity contribution in [1.29, 1.82) is 0 Å². The highest BCUT2D eigenvalue weighted by Gasteiger charge is 2.34. The Morgan fingerprint density at radius 1 is 1.19 bits per heavy atom.